The summed E-state index contributed by atoms with van der Waals surface area (Å²) in [5.41, 5.74) is -0.0635. The maximum atomic E-state index is 12.8. The van der Waals surface area contributed by atoms with Gasteiger partial charge in [0.1, 0.15) is 0 Å². The summed E-state index contributed by atoms with van der Waals surface area (Å²) < 4.78 is 12.8. The first-order valence-corrected chi connectivity index (χ1v) is 3.34. The Morgan fingerprint density at radius 2 is 2.23 bits per heavy atom. The first kappa shape index (κ1) is 9.07. The molecule has 64 valence electrons. The van der Waals surface area contributed by atoms with Crippen molar-refractivity contribution >= 4 is 12.6 Å². The molecular formula is C9H4FNO2. The molecule has 0 atom stereocenters. The third-order valence-electron chi connectivity index (χ3n) is 1.33. The summed E-state index contributed by atoms with van der Waals surface area (Å²) in [5, 5.41) is 0. The van der Waals surface area contributed by atoms with E-state index in [0.29, 0.717) is 12.6 Å². The first-order valence-electron chi connectivity index (χ1n) is 3.34. The summed E-state index contributed by atoms with van der Waals surface area (Å²) in [7, 11) is 0. The van der Waals surface area contributed by atoms with Crippen LogP contribution < -0.4 is 0 Å². The zero-order valence-electron chi connectivity index (χ0n) is 6.45. The van der Waals surface area contributed by atoms with Crippen LogP contribution in [0.2, 0.25) is 0 Å². The highest BCUT2D eigenvalue weighted by Crippen LogP contribution is 2.06. The molecule has 1 rings (SSSR count). The van der Waals surface area contributed by atoms with Crippen molar-refractivity contribution in [1.82, 2.24) is 4.98 Å². The van der Waals surface area contributed by atoms with Gasteiger partial charge in [0, 0.05) is 11.8 Å². The van der Waals surface area contributed by atoms with E-state index in [4.69, 9.17) is 0 Å². The van der Waals surface area contributed by atoms with Gasteiger partial charge in [-0.2, -0.15) is 4.39 Å². The number of halogens is 1. The average Bonchev–Trinajstić information content (AvgIpc) is 2.15. The second-order valence-corrected chi connectivity index (χ2v) is 2.07. The van der Waals surface area contributed by atoms with E-state index in [1.807, 2.05) is 0 Å². The van der Waals surface area contributed by atoms with Gasteiger partial charge in [0.25, 0.3) is 0 Å². The minimum atomic E-state index is -0.882. The monoisotopic (exact) mass is 177 g/mol. The number of carbonyl (C=O) groups excluding carboxylic acids is 2. The highest BCUT2D eigenvalue weighted by molar-refractivity contribution is 5.81. The summed E-state index contributed by atoms with van der Waals surface area (Å²) in [5.74, 6) is 3.53. The third kappa shape index (κ3) is 1.97. The molecule has 0 fully saturated rings. The van der Waals surface area contributed by atoms with Gasteiger partial charge in [0.15, 0.2) is 12.6 Å². The molecule has 0 aliphatic heterocycles. The molecule has 0 aliphatic carbocycles. The van der Waals surface area contributed by atoms with Crippen molar-refractivity contribution in [1.29, 1.82) is 0 Å². The number of hydrogen-bond donors (Lipinski definition) is 0. The van der Waals surface area contributed by atoms with Crippen molar-refractivity contribution < 1.29 is 14.0 Å². The molecule has 3 nitrogen and oxygen atoms in total. The molecule has 1 heterocycles. The lowest BCUT2D eigenvalue weighted by molar-refractivity contribution is -0.103. The number of carbonyl (C=O) groups is 2. The van der Waals surface area contributed by atoms with Crippen LogP contribution >= 0.6 is 0 Å². The van der Waals surface area contributed by atoms with Crippen LogP contribution in [0.25, 0.3) is 0 Å². The van der Waals surface area contributed by atoms with Crippen LogP contribution in [-0.4, -0.2) is 17.6 Å². The number of rotatable bonds is 1. The fraction of sp³-hybridized carbons (Fsp3) is 0. The lowest BCUT2D eigenvalue weighted by atomic mass is 10.1. The minimum absolute atomic E-state index is 0.162. The molecule has 0 aromatic carbocycles. The van der Waals surface area contributed by atoms with E-state index < -0.39 is 5.95 Å². The van der Waals surface area contributed by atoms with Gasteiger partial charge >= 0.3 is 0 Å². The Morgan fingerprint density at radius 1 is 1.46 bits per heavy atom. The highest BCUT2D eigenvalue weighted by Gasteiger charge is 2.05. The average molecular weight is 177 g/mol. The molecule has 0 saturated carbocycles. The van der Waals surface area contributed by atoms with Gasteiger partial charge in [-0.3, -0.25) is 9.59 Å². The number of aldehydes is 2. The second-order valence-electron chi connectivity index (χ2n) is 2.07. The predicted molar refractivity (Wildman–Crippen MR) is 42.5 cm³/mol. The predicted octanol–water partition coefficient (Wildman–Crippen LogP) is 0.584. The Bertz CT molecular complexity index is 404. The second kappa shape index (κ2) is 4.12. The number of pyridine rings is 1. The zero-order valence-corrected chi connectivity index (χ0v) is 6.45. The van der Waals surface area contributed by atoms with Crippen LogP contribution in [0.15, 0.2) is 12.3 Å². The van der Waals surface area contributed by atoms with E-state index in [1.165, 1.54) is 12.3 Å². The largest absolute Gasteiger partial charge is 0.298 e. The van der Waals surface area contributed by atoms with E-state index in [0.717, 1.165) is 0 Å². The fourth-order valence-corrected chi connectivity index (χ4v) is 0.776. The summed E-state index contributed by atoms with van der Waals surface area (Å²) >= 11 is 0. The quantitative estimate of drug-likeness (QED) is 0.358. The van der Waals surface area contributed by atoms with Crippen molar-refractivity contribution in [2.75, 3.05) is 0 Å². The van der Waals surface area contributed by atoms with E-state index in [-0.39, 0.29) is 11.1 Å². The summed E-state index contributed by atoms with van der Waals surface area (Å²) in [4.78, 5) is 23.5. The summed E-state index contributed by atoms with van der Waals surface area (Å²) in [6, 6.07) is 1.36. The molecule has 0 amide bonds. The van der Waals surface area contributed by atoms with Crippen molar-refractivity contribution in [3.8, 4) is 11.8 Å². The molecule has 0 spiro atoms. The zero-order chi connectivity index (χ0) is 9.68. The van der Waals surface area contributed by atoms with Crippen LogP contribution in [-0.2, 0) is 4.79 Å². The van der Waals surface area contributed by atoms with Gasteiger partial charge < -0.3 is 0 Å². The van der Waals surface area contributed by atoms with Crippen LogP contribution in [0.1, 0.15) is 15.9 Å². The molecular weight excluding hydrogens is 173 g/mol. The van der Waals surface area contributed by atoms with Crippen molar-refractivity contribution in [2.24, 2.45) is 0 Å². The molecule has 4 heteroatoms. The Kier molecular flexibility index (Phi) is 2.87. The molecule has 0 unspecified atom stereocenters. The van der Waals surface area contributed by atoms with Crippen LogP contribution in [0.4, 0.5) is 4.39 Å². The highest BCUT2D eigenvalue weighted by atomic mass is 19.1. The number of hydrogen-bond acceptors (Lipinski definition) is 3. The molecule has 0 N–H and O–H groups in total. The van der Waals surface area contributed by atoms with E-state index >= 15 is 0 Å². The summed E-state index contributed by atoms with van der Waals surface area (Å²) in [6.45, 7) is 0. The third-order valence-corrected chi connectivity index (χ3v) is 1.33. The molecule has 0 aliphatic rings. The maximum Gasteiger partial charge on any atom is 0.224 e. The molecule has 0 radical (unpaired) electrons. The van der Waals surface area contributed by atoms with Gasteiger partial charge in [-0.25, -0.2) is 4.98 Å². The number of nitrogens with zero attached hydrogens (tertiary/aromatic N) is 1. The lowest BCUT2D eigenvalue weighted by Gasteiger charge is -1.95. The topological polar surface area (TPSA) is 47.0 Å². The van der Waals surface area contributed by atoms with Gasteiger partial charge in [0.05, 0.1) is 5.56 Å². The fourth-order valence-electron chi connectivity index (χ4n) is 0.776. The van der Waals surface area contributed by atoms with Crippen molar-refractivity contribution in [3.63, 3.8) is 0 Å². The van der Waals surface area contributed by atoms with E-state index in [2.05, 4.69) is 16.8 Å². The molecule has 1 aromatic rings. The first-order chi connectivity index (χ1) is 6.29. The van der Waals surface area contributed by atoms with Crippen LogP contribution in [0.5, 0.6) is 0 Å². The molecule has 0 saturated heterocycles. The SMILES string of the molecule is O=CC#Cc1ccnc(F)c1C=O. The van der Waals surface area contributed by atoms with Crippen LogP contribution in [0, 0.1) is 17.8 Å². The van der Waals surface area contributed by atoms with E-state index in [9.17, 15) is 14.0 Å². The smallest absolute Gasteiger partial charge is 0.224 e. The van der Waals surface area contributed by atoms with Crippen molar-refractivity contribution in [3.05, 3.63) is 29.3 Å². The number of aromatic nitrogens is 1. The van der Waals surface area contributed by atoms with Gasteiger partial charge in [-0.1, -0.05) is 5.92 Å². The lowest BCUT2D eigenvalue weighted by Crippen LogP contribution is -1.95. The van der Waals surface area contributed by atoms with Gasteiger partial charge in [0.2, 0.25) is 5.95 Å². The van der Waals surface area contributed by atoms with E-state index in [1.54, 1.807) is 0 Å². The van der Waals surface area contributed by atoms with Crippen LogP contribution in [0.3, 0.4) is 0 Å². The van der Waals surface area contributed by atoms with Gasteiger partial charge in [-0.15, -0.1) is 0 Å². The summed E-state index contributed by atoms with van der Waals surface area (Å²) in [6.07, 6.45) is 1.86. The Balaban J connectivity index is 3.27. The Morgan fingerprint density at radius 3 is 2.85 bits per heavy atom. The maximum absolute atomic E-state index is 12.8. The Hall–Kier alpha value is -2.02. The minimum Gasteiger partial charge on any atom is -0.298 e. The normalized spacial score (nSPS) is 8.38. The molecule has 13 heavy (non-hydrogen) atoms. The molecule has 0 bridgehead atoms. The standard InChI is InChI=1S/C9H4FNO2/c10-9-8(6-13)7(2-1-5-12)3-4-11-9/h3-6H. The van der Waals surface area contributed by atoms with Crippen molar-refractivity contribution in [2.45, 2.75) is 0 Å². The van der Waals surface area contributed by atoms with Gasteiger partial charge in [-0.05, 0) is 12.0 Å². The molecule has 1 aromatic heterocycles. The Labute approximate surface area is 73.6 Å².